The summed E-state index contributed by atoms with van der Waals surface area (Å²) < 4.78 is 37.8. The zero-order valence-electron chi connectivity index (χ0n) is 24.1. The first-order valence-electron chi connectivity index (χ1n) is 14.4. The molecule has 2 heterocycles. The van der Waals surface area contributed by atoms with Gasteiger partial charge in [0.1, 0.15) is 5.75 Å². The van der Waals surface area contributed by atoms with Crippen molar-refractivity contribution in [3.63, 3.8) is 0 Å². The monoisotopic (exact) mass is 577 g/mol. The maximum Gasteiger partial charge on any atom is 0.490 e. The molecule has 10 heteroatoms. The number of aryl methyl sites for hydroxylation is 2. The van der Waals surface area contributed by atoms with Crippen LogP contribution in [-0.2, 0) is 4.79 Å². The first kappa shape index (κ1) is 32.2. The normalized spacial score (nSPS) is 16.7. The largest absolute Gasteiger partial charge is 0.494 e. The van der Waals surface area contributed by atoms with Gasteiger partial charge in [0.2, 0.25) is 0 Å². The molecule has 2 aromatic rings. The number of rotatable bonds is 7. The lowest BCUT2D eigenvalue weighted by atomic mass is 10.0. The standard InChI is InChI=1S/C29H41N3O2.C2HF3O2/c1-24-9-10-25(2)28(23-24)29(33)32-20-18-31(19-21-32)26-11-13-27(14-12-26)34-22-8-17-30-15-6-4-3-5-7-16-30;3-2(4,5)1(6)7/h9-14,23H,3-8,15-22H2,1-2H3;(H,6,7). The lowest BCUT2D eigenvalue weighted by molar-refractivity contribution is -0.192. The first-order valence-corrected chi connectivity index (χ1v) is 14.4. The molecule has 0 aromatic heterocycles. The van der Waals surface area contributed by atoms with E-state index < -0.39 is 12.1 Å². The molecule has 2 aliphatic rings. The minimum Gasteiger partial charge on any atom is -0.494 e. The number of aliphatic carboxylic acids is 1. The number of piperazine rings is 1. The van der Waals surface area contributed by atoms with E-state index in [0.29, 0.717) is 0 Å². The van der Waals surface area contributed by atoms with Crippen LogP contribution >= 0.6 is 0 Å². The molecular formula is C31H42F3N3O4. The van der Waals surface area contributed by atoms with Crippen molar-refractivity contribution in [2.75, 3.05) is 57.3 Å². The van der Waals surface area contributed by atoms with Crippen LogP contribution in [0.3, 0.4) is 0 Å². The lowest BCUT2D eigenvalue weighted by Crippen LogP contribution is -2.49. The molecule has 0 saturated carbocycles. The van der Waals surface area contributed by atoms with Crippen LogP contribution in [0.1, 0.15) is 60.0 Å². The highest BCUT2D eigenvalue weighted by molar-refractivity contribution is 5.96. The summed E-state index contributed by atoms with van der Waals surface area (Å²) in [6.07, 6.45) is 2.87. The molecule has 1 N–H and O–H groups in total. The van der Waals surface area contributed by atoms with Crippen molar-refractivity contribution < 1.29 is 32.6 Å². The molecule has 2 fully saturated rings. The van der Waals surface area contributed by atoms with Gasteiger partial charge >= 0.3 is 12.1 Å². The molecule has 0 spiro atoms. The van der Waals surface area contributed by atoms with E-state index in [9.17, 15) is 18.0 Å². The van der Waals surface area contributed by atoms with Crippen LogP contribution in [0.5, 0.6) is 5.75 Å². The maximum atomic E-state index is 13.0. The number of alkyl halides is 3. The van der Waals surface area contributed by atoms with Crippen LogP contribution in [0, 0.1) is 13.8 Å². The number of carboxylic acids is 1. The average molecular weight is 578 g/mol. The number of nitrogens with zero attached hydrogens (tertiary/aromatic N) is 3. The summed E-state index contributed by atoms with van der Waals surface area (Å²) in [7, 11) is 0. The van der Waals surface area contributed by atoms with Crippen LogP contribution in [0.4, 0.5) is 18.9 Å². The van der Waals surface area contributed by atoms with Crippen molar-refractivity contribution >= 4 is 17.6 Å². The van der Waals surface area contributed by atoms with Gasteiger partial charge < -0.3 is 24.5 Å². The maximum absolute atomic E-state index is 13.0. The zero-order valence-corrected chi connectivity index (χ0v) is 24.1. The number of hydrogen-bond donors (Lipinski definition) is 1. The summed E-state index contributed by atoms with van der Waals surface area (Å²) >= 11 is 0. The van der Waals surface area contributed by atoms with Crippen LogP contribution < -0.4 is 9.64 Å². The number of benzene rings is 2. The van der Waals surface area contributed by atoms with E-state index in [4.69, 9.17) is 14.6 Å². The Kier molecular flexibility index (Phi) is 12.3. The Balaban J connectivity index is 0.000000587. The summed E-state index contributed by atoms with van der Waals surface area (Å²) in [5.41, 5.74) is 4.22. The van der Waals surface area contributed by atoms with Gasteiger partial charge in [-0.3, -0.25) is 4.79 Å². The second kappa shape index (κ2) is 15.7. The van der Waals surface area contributed by atoms with E-state index in [1.165, 1.54) is 50.9 Å². The molecule has 0 radical (unpaired) electrons. The SMILES string of the molecule is Cc1ccc(C)c(C(=O)N2CCN(c3ccc(OCCCN4CCCCCCC4)cc3)CC2)c1.O=C(O)C(F)(F)F. The third kappa shape index (κ3) is 10.6. The van der Waals surface area contributed by atoms with Gasteiger partial charge in [0.25, 0.3) is 5.91 Å². The van der Waals surface area contributed by atoms with Crippen LogP contribution in [0.25, 0.3) is 0 Å². The highest BCUT2D eigenvalue weighted by atomic mass is 19.4. The van der Waals surface area contributed by atoms with E-state index in [-0.39, 0.29) is 5.91 Å². The van der Waals surface area contributed by atoms with Crippen molar-refractivity contribution in [3.05, 3.63) is 59.2 Å². The number of amides is 1. The fourth-order valence-electron chi connectivity index (χ4n) is 5.07. The second-order valence-electron chi connectivity index (χ2n) is 10.7. The van der Waals surface area contributed by atoms with E-state index in [2.05, 4.69) is 40.1 Å². The van der Waals surface area contributed by atoms with Crippen molar-refractivity contribution in [2.24, 2.45) is 0 Å². The highest BCUT2D eigenvalue weighted by Crippen LogP contribution is 2.22. The van der Waals surface area contributed by atoms with Crippen LogP contribution in [0.15, 0.2) is 42.5 Å². The summed E-state index contributed by atoms with van der Waals surface area (Å²) in [5.74, 6) is -1.66. The highest BCUT2D eigenvalue weighted by Gasteiger charge is 2.38. The van der Waals surface area contributed by atoms with Gasteiger partial charge in [-0.1, -0.05) is 37.0 Å². The zero-order chi connectivity index (χ0) is 29.8. The minimum absolute atomic E-state index is 0.153. The van der Waals surface area contributed by atoms with Gasteiger partial charge in [-0.05, 0) is 82.1 Å². The summed E-state index contributed by atoms with van der Waals surface area (Å²) in [6, 6.07) is 14.6. The molecule has 0 aliphatic carbocycles. The Morgan fingerprint density at radius 3 is 2.02 bits per heavy atom. The fraction of sp³-hybridized carbons (Fsp3) is 0.548. The average Bonchev–Trinajstić information content (AvgIpc) is 2.93. The Bertz CT molecular complexity index is 1110. The number of carbonyl (C=O) groups excluding carboxylic acids is 1. The predicted molar refractivity (Wildman–Crippen MR) is 154 cm³/mol. The van der Waals surface area contributed by atoms with Crippen LogP contribution in [0.2, 0.25) is 0 Å². The smallest absolute Gasteiger partial charge is 0.490 e. The number of carboxylic acid groups (broad SMARTS) is 1. The second-order valence-corrected chi connectivity index (χ2v) is 10.7. The minimum atomic E-state index is -5.08. The van der Waals surface area contributed by atoms with Crippen molar-refractivity contribution in [1.82, 2.24) is 9.80 Å². The number of hydrogen-bond acceptors (Lipinski definition) is 5. The topological polar surface area (TPSA) is 73.3 Å². The molecule has 41 heavy (non-hydrogen) atoms. The Hall–Kier alpha value is -3.27. The van der Waals surface area contributed by atoms with E-state index >= 15 is 0 Å². The van der Waals surface area contributed by atoms with E-state index in [1.54, 1.807) is 0 Å². The summed E-state index contributed by atoms with van der Waals surface area (Å²) in [4.78, 5) is 28.9. The third-order valence-corrected chi connectivity index (χ3v) is 7.47. The van der Waals surface area contributed by atoms with Gasteiger partial charge in [0, 0.05) is 44.0 Å². The Morgan fingerprint density at radius 2 is 1.44 bits per heavy atom. The first-order chi connectivity index (χ1) is 19.5. The van der Waals surface area contributed by atoms with Gasteiger partial charge in [-0.15, -0.1) is 0 Å². The molecule has 2 aromatic carbocycles. The summed E-state index contributed by atoms with van der Waals surface area (Å²) in [6.45, 7) is 11.7. The molecule has 2 saturated heterocycles. The molecular weight excluding hydrogens is 535 g/mol. The molecule has 4 rings (SSSR count). The molecule has 2 aliphatic heterocycles. The van der Waals surface area contributed by atoms with Gasteiger partial charge in [0.05, 0.1) is 6.61 Å². The number of halogens is 3. The Morgan fingerprint density at radius 1 is 0.854 bits per heavy atom. The molecule has 0 atom stereocenters. The quantitative estimate of drug-likeness (QED) is 0.411. The number of likely N-dealkylation sites (tertiary alicyclic amines) is 1. The summed E-state index contributed by atoms with van der Waals surface area (Å²) in [5, 5.41) is 7.12. The van der Waals surface area contributed by atoms with Crippen LogP contribution in [-0.4, -0.2) is 85.4 Å². The van der Waals surface area contributed by atoms with Crippen molar-refractivity contribution in [1.29, 1.82) is 0 Å². The molecule has 0 unspecified atom stereocenters. The fourth-order valence-corrected chi connectivity index (χ4v) is 5.07. The number of ether oxygens (including phenoxy) is 1. The molecule has 1 amide bonds. The van der Waals surface area contributed by atoms with Gasteiger partial charge in [-0.25, -0.2) is 4.79 Å². The lowest BCUT2D eigenvalue weighted by Gasteiger charge is -2.36. The predicted octanol–water partition coefficient (Wildman–Crippen LogP) is 5.93. The molecule has 7 nitrogen and oxygen atoms in total. The van der Waals surface area contributed by atoms with Gasteiger partial charge in [0.15, 0.2) is 0 Å². The number of anilines is 1. The van der Waals surface area contributed by atoms with E-state index in [0.717, 1.165) is 68.2 Å². The Labute approximate surface area is 240 Å². The third-order valence-electron chi connectivity index (χ3n) is 7.47. The van der Waals surface area contributed by atoms with E-state index in [1.807, 2.05) is 30.9 Å². The molecule has 0 bridgehead atoms. The number of carbonyl (C=O) groups is 2. The van der Waals surface area contributed by atoms with Crippen molar-refractivity contribution in [2.45, 2.75) is 58.5 Å². The van der Waals surface area contributed by atoms with Gasteiger partial charge in [-0.2, -0.15) is 13.2 Å². The molecule has 226 valence electrons. The van der Waals surface area contributed by atoms with Crippen molar-refractivity contribution in [3.8, 4) is 5.75 Å².